The molecule has 2 aromatic heterocycles. The van der Waals surface area contributed by atoms with Crippen molar-refractivity contribution < 1.29 is 18.7 Å². The van der Waals surface area contributed by atoms with Crippen molar-refractivity contribution in [3.05, 3.63) is 39.8 Å². The molecule has 190 valence electrons. The average Bonchev–Trinajstić information content (AvgIpc) is 3.29. The van der Waals surface area contributed by atoms with Gasteiger partial charge in [0.2, 0.25) is 0 Å². The van der Waals surface area contributed by atoms with Crippen LogP contribution >= 0.6 is 0 Å². The molecule has 2 aliphatic rings. The predicted octanol–water partition coefficient (Wildman–Crippen LogP) is 4.15. The Morgan fingerprint density at radius 3 is 2.63 bits per heavy atom. The van der Waals surface area contributed by atoms with Gasteiger partial charge < -0.3 is 19.4 Å². The zero-order valence-electron chi connectivity index (χ0n) is 19.7. The Kier molecular flexibility index (Phi) is 7.56. The lowest BCUT2D eigenvalue weighted by atomic mass is 10.0. The van der Waals surface area contributed by atoms with E-state index in [0.29, 0.717) is 55.6 Å². The van der Waals surface area contributed by atoms with E-state index in [2.05, 4.69) is 10.1 Å². The van der Waals surface area contributed by atoms with Crippen LogP contribution in [0.3, 0.4) is 0 Å². The van der Waals surface area contributed by atoms with Crippen molar-refractivity contribution in [1.82, 2.24) is 19.7 Å². The van der Waals surface area contributed by atoms with Gasteiger partial charge in [0, 0.05) is 37.3 Å². The topological polar surface area (TPSA) is 89.4 Å². The number of H-pyrrole nitrogens is 1. The Labute approximate surface area is 204 Å². The minimum atomic E-state index is -0.988. The lowest BCUT2D eigenvalue weighted by Gasteiger charge is -2.32. The number of likely N-dealkylation sites (tertiary alicyclic amines) is 1. The largest absolute Gasteiger partial charge is 0.381 e. The average molecular weight is 487 g/mol. The van der Waals surface area contributed by atoms with Crippen LogP contribution in [0, 0.1) is 6.92 Å². The van der Waals surface area contributed by atoms with Gasteiger partial charge in [0.05, 0.1) is 41.4 Å². The van der Waals surface area contributed by atoms with Crippen molar-refractivity contribution >= 4 is 27.7 Å². The third kappa shape index (κ3) is 4.97. The quantitative estimate of drug-likeness (QED) is 0.585. The fourth-order valence-corrected chi connectivity index (χ4v) is 5.10. The van der Waals surface area contributed by atoms with Crippen LogP contribution in [-0.4, -0.2) is 70.8 Å². The summed E-state index contributed by atoms with van der Waals surface area (Å²) >= 11 is 0. The van der Waals surface area contributed by atoms with Crippen molar-refractivity contribution in [2.24, 2.45) is 0 Å². The second-order valence-corrected chi connectivity index (χ2v) is 9.47. The molecule has 5 rings (SSSR count). The molecule has 4 heterocycles. The van der Waals surface area contributed by atoms with Crippen LogP contribution in [-0.2, 0) is 9.47 Å². The summed E-state index contributed by atoms with van der Waals surface area (Å²) in [6.07, 6.45) is 3.67. The summed E-state index contributed by atoms with van der Waals surface area (Å²) in [5, 5.41) is 5.91. The number of nitrogens with one attached hydrogen (secondary N) is 1. The summed E-state index contributed by atoms with van der Waals surface area (Å²) in [4.78, 5) is 31.0. The highest BCUT2D eigenvalue weighted by Crippen LogP contribution is 2.30. The van der Waals surface area contributed by atoms with Gasteiger partial charge in [-0.05, 0) is 57.2 Å². The number of aryl methyl sites for hydroxylation is 1. The molecule has 0 saturated carbocycles. The first-order valence-corrected chi connectivity index (χ1v) is 12.1. The molecule has 8 nitrogen and oxygen atoms in total. The SMILES string of the molecule is C.Cc1cc2[nH]c(=O)c3cnn(C4CCOCC4)c3c2cc1C(=O)N1CCC(OC[C@H](C)F)CC1. The molecule has 1 amide bonds. The number of benzene rings is 1. The van der Waals surface area contributed by atoms with Gasteiger partial charge in [0.25, 0.3) is 11.5 Å². The smallest absolute Gasteiger partial charge is 0.259 e. The number of nitrogens with zero attached hydrogens (tertiary/aromatic N) is 3. The summed E-state index contributed by atoms with van der Waals surface area (Å²) in [5.74, 6) is -0.0341. The number of rotatable bonds is 5. The number of carbonyl (C=O) groups is 1. The summed E-state index contributed by atoms with van der Waals surface area (Å²) in [7, 11) is 0. The van der Waals surface area contributed by atoms with Crippen molar-refractivity contribution in [1.29, 1.82) is 0 Å². The predicted molar refractivity (Wildman–Crippen MR) is 134 cm³/mol. The molecule has 2 saturated heterocycles. The maximum atomic E-state index is 13.5. The summed E-state index contributed by atoms with van der Waals surface area (Å²) in [6, 6.07) is 3.93. The standard InChI is InChI=1S/C25H31FN4O4.CH4/c1-15-11-22-20(12-19(15)25(32)29-7-3-18(4-8-29)34-14-16(2)26)23-21(24(31)28-22)13-27-30(23)17-5-9-33-10-6-17;/h11-13,16-18H,3-10,14H2,1-2H3,(H,28,31);1H4/t16-;/m0./s1. The molecule has 9 heteroatoms. The van der Waals surface area contributed by atoms with Gasteiger partial charge in [-0.1, -0.05) is 7.43 Å². The Hall–Kier alpha value is -2.78. The lowest BCUT2D eigenvalue weighted by Crippen LogP contribution is -2.41. The molecule has 1 aromatic carbocycles. The van der Waals surface area contributed by atoms with Crippen LogP contribution in [0.15, 0.2) is 23.1 Å². The number of aromatic nitrogens is 3. The number of carbonyl (C=O) groups excluding carboxylic acids is 1. The number of alkyl halides is 1. The molecule has 0 aliphatic carbocycles. The molecule has 0 unspecified atom stereocenters. The van der Waals surface area contributed by atoms with Gasteiger partial charge in [0.15, 0.2) is 0 Å². The Bertz CT molecular complexity index is 1250. The monoisotopic (exact) mass is 486 g/mol. The molecule has 0 radical (unpaired) electrons. The van der Waals surface area contributed by atoms with Crippen LogP contribution < -0.4 is 5.56 Å². The number of aromatic amines is 1. The van der Waals surface area contributed by atoms with Crippen molar-refractivity contribution in [3.8, 4) is 0 Å². The molecular formula is C26H35FN4O4. The van der Waals surface area contributed by atoms with Gasteiger partial charge in [0.1, 0.15) is 6.17 Å². The number of halogens is 1. The van der Waals surface area contributed by atoms with E-state index in [9.17, 15) is 14.0 Å². The molecule has 1 atom stereocenters. The zero-order valence-corrected chi connectivity index (χ0v) is 19.7. The molecule has 2 aliphatic heterocycles. The number of amides is 1. The second kappa shape index (κ2) is 10.5. The van der Waals surface area contributed by atoms with Crippen LogP contribution in [0.5, 0.6) is 0 Å². The van der Waals surface area contributed by atoms with Gasteiger partial charge in [-0.3, -0.25) is 14.3 Å². The fourth-order valence-electron chi connectivity index (χ4n) is 5.10. The number of piperidine rings is 1. The van der Waals surface area contributed by atoms with Crippen molar-refractivity contribution in [3.63, 3.8) is 0 Å². The third-order valence-corrected chi connectivity index (χ3v) is 6.97. The van der Waals surface area contributed by atoms with Crippen molar-refractivity contribution in [2.75, 3.05) is 32.9 Å². The molecule has 0 spiro atoms. The molecular weight excluding hydrogens is 451 g/mol. The summed E-state index contributed by atoms with van der Waals surface area (Å²) in [5.41, 5.74) is 2.73. The van der Waals surface area contributed by atoms with E-state index in [1.54, 1.807) is 6.20 Å². The van der Waals surface area contributed by atoms with E-state index in [1.165, 1.54) is 6.92 Å². The van der Waals surface area contributed by atoms with Gasteiger partial charge in [-0.2, -0.15) is 5.10 Å². The Balaban J connectivity index is 0.00000289. The second-order valence-electron chi connectivity index (χ2n) is 9.47. The first kappa shape index (κ1) is 25.3. The summed E-state index contributed by atoms with van der Waals surface area (Å²) < 4.78 is 26.1. The highest BCUT2D eigenvalue weighted by atomic mass is 19.1. The van der Waals surface area contributed by atoms with E-state index in [0.717, 1.165) is 29.3 Å². The molecule has 3 aromatic rings. The maximum absolute atomic E-state index is 13.5. The van der Waals surface area contributed by atoms with Crippen molar-refractivity contribution in [2.45, 2.75) is 65.3 Å². The van der Waals surface area contributed by atoms with Crippen LogP contribution in [0.25, 0.3) is 21.8 Å². The molecule has 1 N–H and O–H groups in total. The van der Waals surface area contributed by atoms with E-state index in [1.807, 2.05) is 28.6 Å². The Morgan fingerprint density at radius 2 is 1.94 bits per heavy atom. The van der Waals surface area contributed by atoms with Crippen LogP contribution in [0.2, 0.25) is 0 Å². The third-order valence-electron chi connectivity index (χ3n) is 6.97. The minimum absolute atomic E-state index is 0. The maximum Gasteiger partial charge on any atom is 0.259 e. The van der Waals surface area contributed by atoms with E-state index in [-0.39, 0.29) is 37.6 Å². The number of hydrogen-bond donors (Lipinski definition) is 1. The highest BCUT2D eigenvalue weighted by Gasteiger charge is 2.27. The first-order chi connectivity index (χ1) is 16.4. The lowest BCUT2D eigenvalue weighted by molar-refractivity contribution is -0.0101. The van der Waals surface area contributed by atoms with Crippen LogP contribution in [0.4, 0.5) is 4.39 Å². The van der Waals surface area contributed by atoms with E-state index >= 15 is 0 Å². The minimum Gasteiger partial charge on any atom is -0.381 e. The van der Waals surface area contributed by atoms with Gasteiger partial charge in [-0.25, -0.2) is 4.39 Å². The van der Waals surface area contributed by atoms with Gasteiger partial charge in [-0.15, -0.1) is 0 Å². The summed E-state index contributed by atoms with van der Waals surface area (Å²) in [6.45, 7) is 5.95. The van der Waals surface area contributed by atoms with Gasteiger partial charge >= 0.3 is 0 Å². The fraction of sp³-hybridized carbons (Fsp3) is 0.577. The van der Waals surface area contributed by atoms with E-state index in [4.69, 9.17) is 9.47 Å². The number of ether oxygens (including phenoxy) is 2. The molecule has 35 heavy (non-hydrogen) atoms. The normalized spacial score (nSPS) is 18.7. The van der Waals surface area contributed by atoms with Crippen LogP contribution in [0.1, 0.15) is 62.0 Å². The first-order valence-electron chi connectivity index (χ1n) is 12.1. The zero-order chi connectivity index (χ0) is 23.8. The number of hydrogen-bond acceptors (Lipinski definition) is 5. The number of pyridine rings is 1. The highest BCUT2D eigenvalue weighted by molar-refractivity contribution is 6.07. The molecule has 0 bridgehead atoms. The molecule has 2 fully saturated rings. The number of fused-ring (bicyclic) bond motifs is 3. The Morgan fingerprint density at radius 1 is 1.23 bits per heavy atom. The van der Waals surface area contributed by atoms with E-state index < -0.39 is 6.17 Å².